The second-order valence-electron chi connectivity index (χ2n) is 5.19. The molecule has 8 nitrogen and oxygen atoms in total. The van der Waals surface area contributed by atoms with E-state index in [1.807, 2.05) is 0 Å². The van der Waals surface area contributed by atoms with Crippen LogP contribution in [0.4, 0.5) is 0 Å². The molecule has 0 aliphatic carbocycles. The highest BCUT2D eigenvalue weighted by atomic mass is 16.5. The molecule has 1 unspecified atom stereocenters. The maximum absolute atomic E-state index is 12.1. The lowest BCUT2D eigenvalue weighted by Gasteiger charge is -2.14. The average Bonchev–Trinajstić information content (AvgIpc) is 3.23. The molecule has 2 aromatic heterocycles. The molecule has 0 aromatic carbocycles. The van der Waals surface area contributed by atoms with Crippen LogP contribution in [0.15, 0.2) is 27.5 Å². The van der Waals surface area contributed by atoms with Crippen LogP contribution in [0.5, 0.6) is 0 Å². The SMILES string of the molecule is O=C(O)C1CCN(C(=O)CCc2nc(-c3ccoc3)no2)C1. The number of carbonyl (C=O) groups is 2. The first-order valence-corrected chi connectivity index (χ1v) is 6.99. The molecule has 2 aromatic rings. The van der Waals surface area contributed by atoms with Gasteiger partial charge >= 0.3 is 5.97 Å². The molecule has 1 aliphatic heterocycles. The summed E-state index contributed by atoms with van der Waals surface area (Å²) in [6.07, 6.45) is 4.08. The Morgan fingerprint density at radius 3 is 3.00 bits per heavy atom. The number of aliphatic carboxylic acids is 1. The Balaban J connectivity index is 1.52. The Bertz CT molecular complexity index is 664. The molecule has 1 aliphatic rings. The van der Waals surface area contributed by atoms with Crippen molar-refractivity contribution in [1.29, 1.82) is 0 Å². The third-order valence-electron chi connectivity index (χ3n) is 3.69. The Hall–Kier alpha value is -2.64. The van der Waals surface area contributed by atoms with E-state index in [4.69, 9.17) is 14.0 Å². The fourth-order valence-corrected chi connectivity index (χ4v) is 2.43. The first kappa shape index (κ1) is 14.3. The van der Waals surface area contributed by atoms with E-state index in [0.717, 1.165) is 0 Å². The smallest absolute Gasteiger partial charge is 0.308 e. The van der Waals surface area contributed by atoms with Crippen LogP contribution in [-0.4, -0.2) is 45.1 Å². The fraction of sp³-hybridized carbons (Fsp3) is 0.429. The monoisotopic (exact) mass is 305 g/mol. The van der Waals surface area contributed by atoms with E-state index in [-0.39, 0.29) is 18.9 Å². The van der Waals surface area contributed by atoms with Crippen molar-refractivity contribution in [2.45, 2.75) is 19.3 Å². The van der Waals surface area contributed by atoms with Crippen LogP contribution in [0, 0.1) is 5.92 Å². The molecule has 22 heavy (non-hydrogen) atoms. The molecule has 0 bridgehead atoms. The van der Waals surface area contributed by atoms with Gasteiger partial charge in [-0.2, -0.15) is 4.98 Å². The van der Waals surface area contributed by atoms with Crippen LogP contribution in [0.25, 0.3) is 11.4 Å². The number of carboxylic acids is 1. The molecule has 1 N–H and O–H groups in total. The largest absolute Gasteiger partial charge is 0.481 e. The molecule has 0 radical (unpaired) electrons. The number of carboxylic acid groups (broad SMARTS) is 1. The molecule has 3 heterocycles. The maximum Gasteiger partial charge on any atom is 0.308 e. The second kappa shape index (κ2) is 6.00. The number of amides is 1. The van der Waals surface area contributed by atoms with Crippen molar-refractivity contribution in [2.24, 2.45) is 5.92 Å². The molecule has 1 fully saturated rings. The molecule has 0 spiro atoms. The van der Waals surface area contributed by atoms with Gasteiger partial charge in [0.1, 0.15) is 6.26 Å². The minimum Gasteiger partial charge on any atom is -0.481 e. The number of rotatable bonds is 5. The lowest BCUT2D eigenvalue weighted by Crippen LogP contribution is -2.30. The summed E-state index contributed by atoms with van der Waals surface area (Å²) in [6.45, 7) is 0.762. The van der Waals surface area contributed by atoms with Crippen molar-refractivity contribution in [1.82, 2.24) is 15.0 Å². The number of furan rings is 1. The second-order valence-corrected chi connectivity index (χ2v) is 5.19. The third-order valence-corrected chi connectivity index (χ3v) is 3.69. The van der Waals surface area contributed by atoms with Gasteiger partial charge in [-0.3, -0.25) is 9.59 Å². The van der Waals surface area contributed by atoms with Crippen molar-refractivity contribution < 1.29 is 23.6 Å². The quantitative estimate of drug-likeness (QED) is 0.883. The summed E-state index contributed by atoms with van der Waals surface area (Å²) in [7, 11) is 0. The molecule has 1 atom stereocenters. The van der Waals surface area contributed by atoms with Gasteiger partial charge < -0.3 is 18.9 Å². The van der Waals surface area contributed by atoms with E-state index in [1.165, 1.54) is 12.5 Å². The van der Waals surface area contributed by atoms with E-state index < -0.39 is 11.9 Å². The first-order valence-electron chi connectivity index (χ1n) is 6.99. The molecular formula is C14H15N3O5. The molecule has 8 heteroatoms. The standard InChI is InChI=1S/C14H15N3O5/c18-12(17-5-3-9(7-17)14(19)20)2-1-11-15-13(16-22-11)10-4-6-21-8-10/h4,6,8-9H,1-3,5,7H2,(H,19,20). The summed E-state index contributed by atoms with van der Waals surface area (Å²) < 4.78 is 10.0. The van der Waals surface area contributed by atoms with Crippen molar-refractivity contribution >= 4 is 11.9 Å². The minimum atomic E-state index is -0.850. The molecule has 1 amide bonds. The van der Waals surface area contributed by atoms with Crippen molar-refractivity contribution in [3.63, 3.8) is 0 Å². The van der Waals surface area contributed by atoms with Crippen molar-refractivity contribution in [3.8, 4) is 11.4 Å². The molecule has 1 saturated heterocycles. The zero-order valence-corrected chi connectivity index (χ0v) is 11.8. The zero-order valence-electron chi connectivity index (χ0n) is 11.8. The normalized spacial score (nSPS) is 17.8. The summed E-state index contributed by atoms with van der Waals surface area (Å²) >= 11 is 0. The predicted molar refractivity (Wildman–Crippen MR) is 72.6 cm³/mol. The Kier molecular flexibility index (Phi) is 3.90. The van der Waals surface area contributed by atoms with Gasteiger partial charge in [-0.05, 0) is 12.5 Å². The lowest BCUT2D eigenvalue weighted by atomic mass is 10.1. The number of likely N-dealkylation sites (tertiary alicyclic amines) is 1. The summed E-state index contributed by atoms with van der Waals surface area (Å²) in [4.78, 5) is 28.7. The Morgan fingerprint density at radius 1 is 1.45 bits per heavy atom. The van der Waals surface area contributed by atoms with Gasteiger partial charge in [0.05, 0.1) is 17.7 Å². The van der Waals surface area contributed by atoms with E-state index in [0.29, 0.717) is 36.7 Å². The molecular weight excluding hydrogens is 290 g/mol. The van der Waals surface area contributed by atoms with Gasteiger partial charge in [-0.1, -0.05) is 5.16 Å². The van der Waals surface area contributed by atoms with E-state index in [1.54, 1.807) is 11.0 Å². The van der Waals surface area contributed by atoms with E-state index in [2.05, 4.69) is 10.1 Å². The Morgan fingerprint density at radius 2 is 2.32 bits per heavy atom. The van der Waals surface area contributed by atoms with Gasteiger partial charge in [0, 0.05) is 25.9 Å². The zero-order chi connectivity index (χ0) is 15.5. The predicted octanol–water partition coefficient (Wildman–Crippen LogP) is 1.20. The van der Waals surface area contributed by atoms with Crippen LogP contribution in [0.2, 0.25) is 0 Å². The maximum atomic E-state index is 12.1. The minimum absolute atomic E-state index is 0.0909. The first-order chi connectivity index (χ1) is 10.6. The van der Waals surface area contributed by atoms with Gasteiger partial charge in [0.2, 0.25) is 17.6 Å². The van der Waals surface area contributed by atoms with Crippen LogP contribution in [0.1, 0.15) is 18.7 Å². The highest BCUT2D eigenvalue weighted by Gasteiger charge is 2.30. The number of carbonyl (C=O) groups excluding carboxylic acids is 1. The van der Waals surface area contributed by atoms with Crippen LogP contribution in [0.3, 0.4) is 0 Å². The Labute approximate surface area is 125 Å². The lowest BCUT2D eigenvalue weighted by molar-refractivity contribution is -0.141. The van der Waals surface area contributed by atoms with Gasteiger partial charge in [-0.15, -0.1) is 0 Å². The van der Waals surface area contributed by atoms with Crippen LogP contribution >= 0.6 is 0 Å². The summed E-state index contributed by atoms with van der Waals surface area (Å²) in [6, 6.07) is 1.72. The summed E-state index contributed by atoms with van der Waals surface area (Å²) in [5, 5.41) is 12.8. The summed E-state index contributed by atoms with van der Waals surface area (Å²) in [5.74, 6) is -0.606. The van der Waals surface area contributed by atoms with Gasteiger partial charge in [-0.25, -0.2) is 0 Å². The fourth-order valence-electron chi connectivity index (χ4n) is 2.43. The number of nitrogens with zero attached hydrogens (tertiary/aromatic N) is 3. The van der Waals surface area contributed by atoms with Crippen molar-refractivity contribution in [3.05, 3.63) is 24.5 Å². The van der Waals surface area contributed by atoms with Gasteiger partial charge in [0.25, 0.3) is 0 Å². The topological polar surface area (TPSA) is 110 Å². The highest BCUT2D eigenvalue weighted by Crippen LogP contribution is 2.19. The number of hydrogen-bond donors (Lipinski definition) is 1. The van der Waals surface area contributed by atoms with E-state index >= 15 is 0 Å². The molecule has 0 saturated carbocycles. The summed E-state index contributed by atoms with van der Waals surface area (Å²) in [5.41, 5.74) is 0.713. The average molecular weight is 305 g/mol. The van der Waals surface area contributed by atoms with Crippen LogP contribution in [-0.2, 0) is 16.0 Å². The highest BCUT2D eigenvalue weighted by molar-refractivity contribution is 5.78. The van der Waals surface area contributed by atoms with E-state index in [9.17, 15) is 9.59 Å². The molecule has 3 rings (SSSR count). The van der Waals surface area contributed by atoms with Crippen molar-refractivity contribution in [2.75, 3.05) is 13.1 Å². The third kappa shape index (κ3) is 3.00. The number of aromatic nitrogens is 2. The van der Waals surface area contributed by atoms with Crippen LogP contribution < -0.4 is 0 Å². The number of hydrogen-bond acceptors (Lipinski definition) is 6. The van der Waals surface area contributed by atoms with Gasteiger partial charge in [0.15, 0.2) is 0 Å². The number of aryl methyl sites for hydroxylation is 1. The molecule has 116 valence electrons.